The second-order valence-corrected chi connectivity index (χ2v) is 6.71. The number of carbonyl (C=O) groups is 2. The Labute approximate surface area is 175 Å². The van der Waals surface area contributed by atoms with Gasteiger partial charge in [0, 0.05) is 11.8 Å². The van der Waals surface area contributed by atoms with E-state index >= 15 is 0 Å². The lowest BCUT2D eigenvalue weighted by Crippen LogP contribution is -2.48. The molecule has 30 heavy (non-hydrogen) atoms. The molecule has 0 spiro atoms. The first-order chi connectivity index (χ1) is 14.5. The van der Waals surface area contributed by atoms with Gasteiger partial charge in [0.05, 0.1) is 28.4 Å². The van der Waals surface area contributed by atoms with Crippen molar-refractivity contribution in [2.75, 3.05) is 33.3 Å². The number of benzene rings is 2. The van der Waals surface area contributed by atoms with Crippen molar-refractivity contribution in [3.8, 4) is 17.2 Å². The Hall–Kier alpha value is -3.48. The first-order valence-electron chi connectivity index (χ1n) is 9.51. The molecule has 0 saturated carbocycles. The van der Waals surface area contributed by atoms with Crippen LogP contribution in [-0.4, -0.2) is 46.4 Å². The van der Waals surface area contributed by atoms with E-state index in [2.05, 4.69) is 0 Å². The van der Waals surface area contributed by atoms with E-state index in [4.69, 9.17) is 18.9 Å². The Morgan fingerprint density at radius 2 is 1.67 bits per heavy atom. The van der Waals surface area contributed by atoms with Gasteiger partial charge in [0.25, 0.3) is 5.91 Å². The summed E-state index contributed by atoms with van der Waals surface area (Å²) in [7, 11) is 5.92. The summed E-state index contributed by atoms with van der Waals surface area (Å²) in [5.74, 6) is 0.698. The summed E-state index contributed by atoms with van der Waals surface area (Å²) in [5.41, 5.74) is 2.43. The minimum atomic E-state index is -0.665. The molecular formula is C23H25NO6. The van der Waals surface area contributed by atoms with Crippen molar-refractivity contribution in [3.05, 3.63) is 53.6 Å². The van der Waals surface area contributed by atoms with Crippen molar-refractivity contribution in [1.82, 2.24) is 0 Å². The molecule has 3 rings (SSSR count). The smallest absolute Gasteiger partial charge is 0.328 e. The molecule has 1 amide bonds. The molecule has 0 aromatic heterocycles. The number of fused-ring (bicyclic) bond motifs is 1. The normalized spacial score (nSPS) is 15.5. The number of ether oxygens (including phenoxy) is 4. The van der Waals surface area contributed by atoms with Crippen molar-refractivity contribution in [2.24, 2.45) is 0 Å². The van der Waals surface area contributed by atoms with Crippen LogP contribution in [0.3, 0.4) is 0 Å². The first-order valence-corrected chi connectivity index (χ1v) is 9.51. The Morgan fingerprint density at radius 3 is 2.27 bits per heavy atom. The highest BCUT2D eigenvalue weighted by atomic mass is 16.5. The number of esters is 1. The minimum Gasteiger partial charge on any atom is -0.493 e. The van der Waals surface area contributed by atoms with Crippen LogP contribution in [0.25, 0.3) is 6.08 Å². The molecule has 7 nitrogen and oxygen atoms in total. The van der Waals surface area contributed by atoms with Gasteiger partial charge < -0.3 is 18.9 Å². The number of methoxy groups -OCH3 is 4. The lowest BCUT2D eigenvalue weighted by Gasteiger charge is -2.34. The number of aryl methyl sites for hydroxylation is 1. The molecule has 1 unspecified atom stereocenters. The maximum atomic E-state index is 13.1. The number of rotatable bonds is 6. The highest BCUT2D eigenvalue weighted by Crippen LogP contribution is 2.38. The fourth-order valence-electron chi connectivity index (χ4n) is 3.62. The van der Waals surface area contributed by atoms with Gasteiger partial charge in [-0.05, 0) is 48.2 Å². The van der Waals surface area contributed by atoms with Crippen LogP contribution in [0.5, 0.6) is 17.2 Å². The summed E-state index contributed by atoms with van der Waals surface area (Å²) in [6, 6.07) is 10.4. The van der Waals surface area contributed by atoms with E-state index < -0.39 is 12.0 Å². The number of nitrogens with zero attached hydrogens (tertiary/aromatic N) is 1. The number of amides is 1. The SMILES string of the molecule is COC(=O)C1CCc2ccccc2N1C(=O)/C=C/c1cc(OC)c(OC)c(OC)c1. The fraction of sp³-hybridized carbons (Fsp3) is 0.304. The standard InChI is InChI=1S/C23H25NO6/c1-27-19-13-15(14-20(28-2)22(19)29-3)9-12-21(25)24-17-8-6-5-7-16(17)10-11-18(24)23(26)30-4/h5-9,12-14,18H,10-11H2,1-4H3/b12-9+. The van der Waals surface area contributed by atoms with Gasteiger partial charge in [-0.25, -0.2) is 4.79 Å². The van der Waals surface area contributed by atoms with Gasteiger partial charge in [-0.1, -0.05) is 18.2 Å². The van der Waals surface area contributed by atoms with Gasteiger partial charge >= 0.3 is 5.97 Å². The Balaban J connectivity index is 1.95. The third-order valence-corrected chi connectivity index (χ3v) is 5.07. The number of para-hydroxylation sites is 1. The lowest BCUT2D eigenvalue weighted by molar-refractivity contribution is -0.143. The number of hydrogen-bond acceptors (Lipinski definition) is 6. The van der Waals surface area contributed by atoms with Crippen LogP contribution in [-0.2, 0) is 20.7 Å². The molecule has 7 heteroatoms. The Kier molecular flexibility index (Phi) is 6.61. The average Bonchev–Trinajstić information content (AvgIpc) is 2.80. The average molecular weight is 411 g/mol. The molecule has 0 aliphatic carbocycles. The summed E-state index contributed by atoms with van der Waals surface area (Å²) >= 11 is 0. The van der Waals surface area contributed by atoms with Gasteiger partial charge in [0.2, 0.25) is 5.75 Å². The van der Waals surface area contributed by atoms with Crippen LogP contribution in [0, 0.1) is 0 Å². The molecule has 1 aliphatic heterocycles. The van der Waals surface area contributed by atoms with E-state index in [1.807, 2.05) is 24.3 Å². The molecule has 1 aliphatic rings. The molecule has 0 bridgehead atoms. The Morgan fingerprint density at radius 1 is 1.00 bits per heavy atom. The zero-order valence-corrected chi connectivity index (χ0v) is 17.5. The molecular weight excluding hydrogens is 386 g/mol. The van der Waals surface area contributed by atoms with Crippen molar-refractivity contribution in [3.63, 3.8) is 0 Å². The number of hydrogen-bond donors (Lipinski definition) is 0. The zero-order chi connectivity index (χ0) is 21.7. The molecule has 0 N–H and O–H groups in total. The van der Waals surface area contributed by atoms with Crippen molar-refractivity contribution >= 4 is 23.6 Å². The molecule has 0 fully saturated rings. The highest BCUT2D eigenvalue weighted by Gasteiger charge is 2.35. The van der Waals surface area contributed by atoms with Gasteiger partial charge in [-0.2, -0.15) is 0 Å². The first kappa shape index (κ1) is 21.2. The van der Waals surface area contributed by atoms with Gasteiger partial charge in [0.15, 0.2) is 11.5 Å². The van der Waals surface area contributed by atoms with Gasteiger partial charge in [-0.3, -0.25) is 9.69 Å². The van der Waals surface area contributed by atoms with Crippen LogP contribution in [0.4, 0.5) is 5.69 Å². The molecule has 1 heterocycles. The van der Waals surface area contributed by atoms with Crippen molar-refractivity contribution in [1.29, 1.82) is 0 Å². The predicted molar refractivity (Wildman–Crippen MR) is 113 cm³/mol. The monoisotopic (exact) mass is 411 g/mol. The third-order valence-electron chi connectivity index (χ3n) is 5.07. The molecule has 2 aromatic carbocycles. The predicted octanol–water partition coefficient (Wildman–Crippen LogP) is 3.25. The Bertz CT molecular complexity index is 943. The summed E-state index contributed by atoms with van der Waals surface area (Å²) in [6.07, 6.45) is 4.29. The molecule has 1 atom stereocenters. The van der Waals surface area contributed by atoms with E-state index in [-0.39, 0.29) is 5.91 Å². The summed E-state index contributed by atoms with van der Waals surface area (Å²) < 4.78 is 21.0. The van der Waals surface area contributed by atoms with Crippen LogP contribution < -0.4 is 19.1 Å². The highest BCUT2D eigenvalue weighted by molar-refractivity contribution is 6.08. The van der Waals surface area contributed by atoms with E-state index in [1.165, 1.54) is 39.4 Å². The van der Waals surface area contributed by atoms with E-state index in [1.54, 1.807) is 18.2 Å². The van der Waals surface area contributed by atoms with Crippen LogP contribution in [0.15, 0.2) is 42.5 Å². The maximum Gasteiger partial charge on any atom is 0.328 e. The van der Waals surface area contributed by atoms with E-state index in [0.717, 1.165) is 11.3 Å². The third kappa shape index (κ3) is 4.10. The van der Waals surface area contributed by atoms with Gasteiger partial charge in [-0.15, -0.1) is 0 Å². The molecule has 2 aromatic rings. The van der Waals surface area contributed by atoms with Gasteiger partial charge in [0.1, 0.15) is 6.04 Å². The van der Waals surface area contributed by atoms with Crippen LogP contribution >= 0.6 is 0 Å². The molecule has 158 valence electrons. The fourth-order valence-corrected chi connectivity index (χ4v) is 3.62. The number of carbonyl (C=O) groups excluding carboxylic acids is 2. The summed E-state index contributed by atoms with van der Waals surface area (Å²) in [5, 5.41) is 0. The van der Waals surface area contributed by atoms with Crippen molar-refractivity contribution < 1.29 is 28.5 Å². The molecule has 0 saturated heterocycles. The zero-order valence-electron chi connectivity index (χ0n) is 17.5. The lowest BCUT2D eigenvalue weighted by atomic mass is 9.95. The van der Waals surface area contributed by atoms with E-state index in [9.17, 15) is 9.59 Å². The quantitative estimate of drug-likeness (QED) is 0.537. The second-order valence-electron chi connectivity index (χ2n) is 6.71. The summed E-state index contributed by atoms with van der Waals surface area (Å²) in [6.45, 7) is 0. The van der Waals surface area contributed by atoms with E-state index in [0.29, 0.717) is 35.7 Å². The topological polar surface area (TPSA) is 74.3 Å². The largest absolute Gasteiger partial charge is 0.493 e. The summed E-state index contributed by atoms with van der Waals surface area (Å²) in [4.78, 5) is 27.0. The van der Waals surface area contributed by atoms with Crippen LogP contribution in [0.1, 0.15) is 17.5 Å². The second kappa shape index (κ2) is 9.35. The molecule has 0 radical (unpaired) electrons. The maximum absolute atomic E-state index is 13.1. The minimum absolute atomic E-state index is 0.314. The van der Waals surface area contributed by atoms with Crippen LogP contribution in [0.2, 0.25) is 0 Å². The van der Waals surface area contributed by atoms with Crippen molar-refractivity contribution in [2.45, 2.75) is 18.9 Å². The number of anilines is 1.